The van der Waals surface area contributed by atoms with Gasteiger partial charge in [0.1, 0.15) is 12.1 Å². The number of nitrogens with two attached hydrogens (primary N) is 1. The Labute approximate surface area is 132 Å². The van der Waals surface area contributed by atoms with Crippen LogP contribution in [0.3, 0.4) is 0 Å². The molecule has 2 fully saturated rings. The van der Waals surface area contributed by atoms with Crippen LogP contribution in [-0.2, 0) is 0 Å². The molecule has 2 aliphatic rings. The lowest BCUT2D eigenvalue weighted by Crippen LogP contribution is -2.92. The first-order valence-corrected chi connectivity index (χ1v) is 8.47. The van der Waals surface area contributed by atoms with Crippen molar-refractivity contribution in [2.75, 3.05) is 0 Å². The minimum atomic E-state index is -0.172. The molecule has 2 nitrogen and oxygen atoms in total. The van der Waals surface area contributed by atoms with E-state index >= 15 is 0 Å². The van der Waals surface area contributed by atoms with E-state index in [1.165, 1.54) is 17.5 Å². The Morgan fingerprint density at radius 1 is 0.727 bits per heavy atom. The van der Waals surface area contributed by atoms with E-state index in [1.54, 1.807) is 0 Å². The van der Waals surface area contributed by atoms with Gasteiger partial charge in [-0.1, -0.05) is 67.1 Å². The maximum atomic E-state index is 10.9. The lowest BCUT2D eigenvalue weighted by Gasteiger charge is -2.47. The van der Waals surface area contributed by atoms with E-state index in [1.807, 2.05) is 0 Å². The van der Waals surface area contributed by atoms with Crippen LogP contribution in [0.5, 0.6) is 0 Å². The molecule has 3 N–H and O–H groups in total. The molecule has 1 heterocycles. The highest BCUT2D eigenvalue weighted by Gasteiger charge is 2.49. The fourth-order valence-electron chi connectivity index (χ4n) is 4.61. The van der Waals surface area contributed by atoms with Crippen LogP contribution in [0.25, 0.3) is 0 Å². The standard InChI is InChI=1S/C20H23NO/c22-20-16-12-7-13-17(20)19(15-10-5-2-6-11-15)21-18(16)14-8-3-1-4-9-14/h1-6,8-11,16-22H,7,12-13H2/p+1/t16-,17+,18-,19-,20?/m1/s1. The van der Waals surface area contributed by atoms with E-state index < -0.39 is 0 Å². The number of fused-ring (bicyclic) bond motifs is 2. The van der Waals surface area contributed by atoms with Gasteiger partial charge < -0.3 is 10.4 Å². The van der Waals surface area contributed by atoms with Gasteiger partial charge in [0.2, 0.25) is 0 Å². The molecular weight excluding hydrogens is 270 g/mol. The molecule has 1 unspecified atom stereocenters. The first-order valence-electron chi connectivity index (χ1n) is 8.47. The van der Waals surface area contributed by atoms with Crippen LogP contribution in [0.1, 0.15) is 42.5 Å². The summed E-state index contributed by atoms with van der Waals surface area (Å²) in [5.41, 5.74) is 2.71. The molecule has 2 bridgehead atoms. The Bertz CT molecular complexity index is 559. The number of aliphatic hydroxyl groups excluding tert-OH is 1. The van der Waals surface area contributed by atoms with Gasteiger partial charge in [-0.25, -0.2) is 0 Å². The van der Waals surface area contributed by atoms with Crippen molar-refractivity contribution < 1.29 is 10.4 Å². The van der Waals surface area contributed by atoms with Crippen LogP contribution in [0.4, 0.5) is 0 Å². The molecule has 5 atom stereocenters. The summed E-state index contributed by atoms with van der Waals surface area (Å²) in [6.45, 7) is 0. The molecule has 2 heteroatoms. The SMILES string of the molecule is OC1[C@H]2CCC[C@@H]1[C@@H](c1ccccc1)[NH2+][C@@H]2c1ccccc1. The minimum Gasteiger partial charge on any atom is -0.392 e. The summed E-state index contributed by atoms with van der Waals surface area (Å²) < 4.78 is 0. The highest BCUT2D eigenvalue weighted by molar-refractivity contribution is 5.23. The van der Waals surface area contributed by atoms with Crippen molar-refractivity contribution in [3.8, 4) is 0 Å². The predicted octanol–water partition coefficient (Wildman–Crippen LogP) is 2.82. The third-order valence-corrected chi connectivity index (χ3v) is 5.66. The van der Waals surface area contributed by atoms with E-state index in [0.29, 0.717) is 23.9 Å². The van der Waals surface area contributed by atoms with Gasteiger partial charge in [0.25, 0.3) is 0 Å². The van der Waals surface area contributed by atoms with Gasteiger partial charge in [0, 0.05) is 23.0 Å². The number of aliphatic hydroxyl groups is 1. The summed E-state index contributed by atoms with van der Waals surface area (Å²) in [4.78, 5) is 0. The van der Waals surface area contributed by atoms with Crippen LogP contribution >= 0.6 is 0 Å². The zero-order valence-corrected chi connectivity index (χ0v) is 12.8. The van der Waals surface area contributed by atoms with Gasteiger partial charge >= 0.3 is 0 Å². The summed E-state index contributed by atoms with van der Waals surface area (Å²) in [7, 11) is 0. The van der Waals surface area contributed by atoms with E-state index in [4.69, 9.17) is 0 Å². The summed E-state index contributed by atoms with van der Waals surface area (Å²) in [6, 6.07) is 22.2. The normalized spacial score (nSPS) is 34.3. The van der Waals surface area contributed by atoms with Crippen molar-refractivity contribution >= 4 is 0 Å². The monoisotopic (exact) mass is 294 g/mol. The highest BCUT2D eigenvalue weighted by atomic mass is 16.3. The molecule has 2 aromatic rings. The molecule has 1 saturated carbocycles. The number of piperidine rings is 1. The molecule has 1 saturated heterocycles. The average molecular weight is 294 g/mol. The molecule has 1 aliphatic carbocycles. The summed E-state index contributed by atoms with van der Waals surface area (Å²) in [5, 5.41) is 13.5. The maximum absolute atomic E-state index is 10.9. The molecule has 0 aromatic heterocycles. The topological polar surface area (TPSA) is 36.8 Å². The zero-order chi connectivity index (χ0) is 14.9. The number of hydrogen-bond acceptors (Lipinski definition) is 1. The van der Waals surface area contributed by atoms with E-state index in [-0.39, 0.29) is 6.10 Å². The third-order valence-electron chi connectivity index (χ3n) is 5.66. The zero-order valence-electron chi connectivity index (χ0n) is 12.8. The highest BCUT2D eigenvalue weighted by Crippen LogP contribution is 2.43. The van der Waals surface area contributed by atoms with Crippen molar-refractivity contribution in [1.82, 2.24) is 0 Å². The van der Waals surface area contributed by atoms with E-state index in [9.17, 15) is 5.11 Å². The van der Waals surface area contributed by atoms with Crippen LogP contribution in [0.15, 0.2) is 60.7 Å². The van der Waals surface area contributed by atoms with Gasteiger partial charge in [0.15, 0.2) is 0 Å². The minimum absolute atomic E-state index is 0.172. The lowest BCUT2D eigenvalue weighted by atomic mass is 9.66. The van der Waals surface area contributed by atoms with Crippen LogP contribution in [0.2, 0.25) is 0 Å². The Hall–Kier alpha value is -1.64. The molecule has 1 aliphatic heterocycles. The second-order valence-corrected chi connectivity index (χ2v) is 6.81. The van der Waals surface area contributed by atoms with Crippen molar-refractivity contribution in [2.24, 2.45) is 11.8 Å². The first-order chi connectivity index (χ1) is 10.8. The van der Waals surface area contributed by atoms with Crippen LogP contribution in [0, 0.1) is 11.8 Å². The quantitative estimate of drug-likeness (QED) is 0.878. The molecule has 114 valence electrons. The summed E-state index contributed by atoms with van der Waals surface area (Å²) >= 11 is 0. The van der Waals surface area contributed by atoms with Gasteiger partial charge in [0.05, 0.1) is 6.10 Å². The van der Waals surface area contributed by atoms with Crippen molar-refractivity contribution in [3.63, 3.8) is 0 Å². The van der Waals surface area contributed by atoms with Crippen molar-refractivity contribution in [2.45, 2.75) is 37.5 Å². The molecular formula is C20H24NO+. The van der Waals surface area contributed by atoms with Gasteiger partial charge in [-0.2, -0.15) is 0 Å². The second kappa shape index (κ2) is 5.86. The van der Waals surface area contributed by atoms with Crippen LogP contribution in [-0.4, -0.2) is 11.2 Å². The number of rotatable bonds is 2. The Balaban J connectivity index is 1.71. The van der Waals surface area contributed by atoms with Crippen molar-refractivity contribution in [3.05, 3.63) is 71.8 Å². The lowest BCUT2D eigenvalue weighted by molar-refractivity contribution is -0.763. The fraction of sp³-hybridized carbons (Fsp3) is 0.400. The Morgan fingerprint density at radius 2 is 1.18 bits per heavy atom. The second-order valence-electron chi connectivity index (χ2n) is 6.81. The largest absolute Gasteiger partial charge is 0.392 e. The van der Waals surface area contributed by atoms with E-state index in [2.05, 4.69) is 66.0 Å². The summed E-state index contributed by atoms with van der Waals surface area (Å²) in [6.07, 6.45) is 3.37. The van der Waals surface area contributed by atoms with Crippen molar-refractivity contribution in [1.29, 1.82) is 0 Å². The molecule has 4 rings (SSSR count). The fourth-order valence-corrected chi connectivity index (χ4v) is 4.61. The molecule has 0 radical (unpaired) electrons. The van der Waals surface area contributed by atoms with Gasteiger partial charge in [-0.3, -0.25) is 0 Å². The van der Waals surface area contributed by atoms with E-state index in [0.717, 1.165) is 12.8 Å². The maximum Gasteiger partial charge on any atom is 0.117 e. The predicted molar refractivity (Wildman–Crippen MR) is 87.1 cm³/mol. The number of benzene rings is 2. The molecule has 0 spiro atoms. The van der Waals surface area contributed by atoms with Gasteiger partial charge in [-0.05, 0) is 12.8 Å². The average Bonchev–Trinajstić information content (AvgIpc) is 2.57. The molecule has 2 aromatic carbocycles. The Morgan fingerprint density at radius 3 is 1.64 bits per heavy atom. The smallest absolute Gasteiger partial charge is 0.117 e. The first kappa shape index (κ1) is 14.0. The number of hydrogen-bond donors (Lipinski definition) is 2. The summed E-state index contributed by atoms with van der Waals surface area (Å²) in [5.74, 6) is 0.780. The Kier molecular flexibility index (Phi) is 3.73. The van der Waals surface area contributed by atoms with Gasteiger partial charge in [-0.15, -0.1) is 0 Å². The molecule has 22 heavy (non-hydrogen) atoms. The molecule has 0 amide bonds. The number of quaternary nitrogens is 1. The third kappa shape index (κ3) is 2.37. The van der Waals surface area contributed by atoms with Crippen LogP contribution < -0.4 is 5.32 Å².